The number of carbonyl (C=O) groups excluding carboxylic acids is 2. The molecule has 0 aromatic carbocycles. The van der Waals surface area contributed by atoms with E-state index in [4.69, 9.17) is 4.74 Å². The Balaban J connectivity index is 1.67. The molecule has 0 aliphatic heterocycles. The number of ketones is 1. The largest absolute Gasteiger partial charge is 0.465 e. The van der Waals surface area contributed by atoms with Crippen molar-refractivity contribution in [2.45, 2.75) is 111 Å². The maximum atomic E-state index is 13.0. The Hall–Kier alpha value is -1.98. The van der Waals surface area contributed by atoms with Crippen LogP contribution in [0.1, 0.15) is 98.8 Å². The van der Waals surface area contributed by atoms with Crippen molar-refractivity contribution in [1.82, 2.24) is 0 Å². The van der Waals surface area contributed by atoms with Crippen LogP contribution in [0.3, 0.4) is 0 Å². The molecule has 0 radical (unpaired) electrons. The summed E-state index contributed by atoms with van der Waals surface area (Å²) in [7, 11) is 0. The molecule has 3 aliphatic rings. The van der Waals surface area contributed by atoms with Crippen LogP contribution in [0.4, 0.5) is 0 Å². The monoisotopic (exact) mass is 526 g/mol. The molecule has 3 rings (SSSR count). The zero-order valence-corrected chi connectivity index (χ0v) is 24.3. The zero-order chi connectivity index (χ0) is 28.1. The Labute approximate surface area is 230 Å². The van der Waals surface area contributed by atoms with E-state index in [-0.39, 0.29) is 17.1 Å². The van der Waals surface area contributed by atoms with Crippen molar-refractivity contribution in [1.29, 1.82) is 0 Å². The quantitative estimate of drug-likeness (QED) is 0.144. The first-order valence-corrected chi connectivity index (χ1v) is 14.8. The minimum atomic E-state index is -1.18. The van der Waals surface area contributed by atoms with E-state index in [1.54, 1.807) is 19.9 Å². The smallest absolute Gasteiger partial charge is 0.319 e. The van der Waals surface area contributed by atoms with E-state index >= 15 is 0 Å². The van der Waals surface area contributed by atoms with Crippen LogP contribution in [0.2, 0.25) is 0 Å². The summed E-state index contributed by atoms with van der Waals surface area (Å²) in [5.74, 6) is 0.542. The molecule has 0 unspecified atom stereocenters. The third-order valence-corrected chi connectivity index (χ3v) is 9.60. The second-order valence-electron chi connectivity index (χ2n) is 12.7. The van der Waals surface area contributed by atoms with Gasteiger partial charge >= 0.3 is 5.97 Å². The van der Waals surface area contributed by atoms with E-state index in [1.807, 2.05) is 6.08 Å². The highest BCUT2D eigenvalue weighted by atomic mass is 16.5. The molecule has 5 nitrogen and oxygen atoms in total. The molecule has 3 aliphatic carbocycles. The van der Waals surface area contributed by atoms with Gasteiger partial charge in [-0.3, -0.25) is 9.59 Å². The van der Waals surface area contributed by atoms with Gasteiger partial charge in [-0.05, 0) is 99.2 Å². The van der Waals surface area contributed by atoms with Crippen molar-refractivity contribution < 1.29 is 24.5 Å². The minimum absolute atomic E-state index is 0.158. The van der Waals surface area contributed by atoms with Gasteiger partial charge in [-0.2, -0.15) is 0 Å². The standard InChI is InChI=1S/C33H50O5/c1-7-8-9-19-38-31(37)32(4,5)30(36)17-12-22(2)27-15-16-28-24(11-10-18-33(27,28)6)13-14-25-20-26(34)21-29(35)23(25)3/h12-14,17,22,26-29,34-35H,3,7-11,15-16,18-21H2,1-2,4-6H3/b17-12+,24-13+,25-14-/t22-,26-,27-,28+,29+,33-/m1/s1. The van der Waals surface area contributed by atoms with Gasteiger partial charge in [-0.25, -0.2) is 0 Å². The Morgan fingerprint density at radius 2 is 1.95 bits per heavy atom. The van der Waals surface area contributed by atoms with E-state index in [9.17, 15) is 19.8 Å². The molecule has 5 heteroatoms. The van der Waals surface area contributed by atoms with Crippen molar-refractivity contribution in [3.05, 3.63) is 47.6 Å². The van der Waals surface area contributed by atoms with E-state index in [0.717, 1.165) is 56.1 Å². The van der Waals surface area contributed by atoms with Crippen molar-refractivity contribution in [2.24, 2.45) is 28.6 Å². The van der Waals surface area contributed by atoms with Gasteiger partial charge in [0.1, 0.15) is 5.41 Å². The fraction of sp³-hybridized carbons (Fsp3) is 0.697. The third-order valence-electron chi connectivity index (χ3n) is 9.60. The first-order chi connectivity index (χ1) is 17.9. The number of unbranched alkanes of at least 4 members (excludes halogenated alkanes) is 2. The van der Waals surface area contributed by atoms with Gasteiger partial charge in [0.15, 0.2) is 5.78 Å². The Bertz CT molecular complexity index is 970. The lowest BCUT2D eigenvalue weighted by Crippen LogP contribution is -2.36. The van der Waals surface area contributed by atoms with Crippen LogP contribution in [-0.4, -0.2) is 40.8 Å². The summed E-state index contributed by atoms with van der Waals surface area (Å²) in [6.07, 6.45) is 16.2. The van der Waals surface area contributed by atoms with Crippen LogP contribution >= 0.6 is 0 Å². The Morgan fingerprint density at radius 3 is 2.66 bits per heavy atom. The van der Waals surface area contributed by atoms with Crippen molar-refractivity contribution >= 4 is 11.8 Å². The van der Waals surface area contributed by atoms with Gasteiger partial charge in [0.25, 0.3) is 0 Å². The van der Waals surface area contributed by atoms with Crippen LogP contribution in [-0.2, 0) is 14.3 Å². The summed E-state index contributed by atoms with van der Waals surface area (Å²) in [5.41, 5.74) is 2.11. The molecule has 0 heterocycles. The highest BCUT2D eigenvalue weighted by molar-refractivity contribution is 6.08. The molecule has 6 atom stereocenters. The number of aliphatic hydroxyl groups is 2. The number of esters is 1. The van der Waals surface area contributed by atoms with Crippen molar-refractivity contribution in [2.75, 3.05) is 6.61 Å². The van der Waals surface area contributed by atoms with Gasteiger partial charge < -0.3 is 14.9 Å². The molecule has 3 fully saturated rings. The first-order valence-electron chi connectivity index (χ1n) is 14.8. The van der Waals surface area contributed by atoms with Crippen molar-refractivity contribution in [3.63, 3.8) is 0 Å². The molecule has 2 N–H and O–H groups in total. The predicted molar refractivity (Wildman–Crippen MR) is 152 cm³/mol. The Morgan fingerprint density at radius 1 is 1.21 bits per heavy atom. The molecule has 3 saturated carbocycles. The number of aliphatic hydroxyl groups excluding tert-OH is 2. The summed E-state index contributed by atoms with van der Waals surface area (Å²) in [6, 6.07) is 0. The predicted octanol–water partition coefficient (Wildman–Crippen LogP) is 6.65. The number of hydrogen-bond acceptors (Lipinski definition) is 5. The number of ether oxygens (including phenoxy) is 1. The summed E-state index contributed by atoms with van der Waals surface area (Å²) >= 11 is 0. The van der Waals surface area contributed by atoms with Gasteiger partial charge in [-0.15, -0.1) is 0 Å². The van der Waals surface area contributed by atoms with Gasteiger partial charge in [0.05, 0.1) is 18.8 Å². The topological polar surface area (TPSA) is 83.8 Å². The number of hydrogen-bond donors (Lipinski definition) is 2. The molecule has 38 heavy (non-hydrogen) atoms. The number of allylic oxidation sites excluding steroid dienone is 5. The summed E-state index contributed by atoms with van der Waals surface area (Å²) in [6.45, 7) is 14.4. The lowest BCUT2D eigenvalue weighted by atomic mass is 9.61. The van der Waals surface area contributed by atoms with Crippen LogP contribution in [0, 0.1) is 28.6 Å². The van der Waals surface area contributed by atoms with Crippen molar-refractivity contribution in [3.8, 4) is 0 Å². The highest BCUT2D eigenvalue weighted by Gasteiger charge is 2.50. The van der Waals surface area contributed by atoms with Gasteiger partial charge in [0.2, 0.25) is 0 Å². The fourth-order valence-corrected chi connectivity index (χ4v) is 6.99. The van der Waals surface area contributed by atoms with Crippen LogP contribution < -0.4 is 0 Å². The first kappa shape index (κ1) is 30.6. The molecule has 0 aromatic heterocycles. The van der Waals surface area contributed by atoms with E-state index < -0.39 is 23.6 Å². The highest BCUT2D eigenvalue weighted by Crippen LogP contribution is 2.59. The van der Waals surface area contributed by atoms with Crippen LogP contribution in [0.15, 0.2) is 47.6 Å². The average Bonchev–Trinajstić information content (AvgIpc) is 3.23. The van der Waals surface area contributed by atoms with Crippen LogP contribution in [0.5, 0.6) is 0 Å². The molecule has 0 saturated heterocycles. The summed E-state index contributed by atoms with van der Waals surface area (Å²) in [4.78, 5) is 25.5. The summed E-state index contributed by atoms with van der Waals surface area (Å²) in [5, 5.41) is 20.3. The average molecular weight is 527 g/mol. The second-order valence-corrected chi connectivity index (χ2v) is 12.7. The molecule has 0 spiro atoms. The minimum Gasteiger partial charge on any atom is -0.465 e. The van der Waals surface area contributed by atoms with Crippen LogP contribution in [0.25, 0.3) is 0 Å². The SMILES string of the molecule is C=C1/C(=C\C=C2/CCC[C@]3(C)[C@@H]([C@H](C)/C=C/C(=O)C(C)(C)C(=O)OCCCCC)CC[C@@H]23)C[C@@H](O)C[C@@H]1O. The molecular weight excluding hydrogens is 476 g/mol. The zero-order valence-electron chi connectivity index (χ0n) is 24.3. The van der Waals surface area contributed by atoms with E-state index in [2.05, 4.69) is 39.5 Å². The van der Waals surface area contributed by atoms with Gasteiger partial charge in [-0.1, -0.05) is 64.0 Å². The Kier molecular flexibility index (Phi) is 10.4. The maximum absolute atomic E-state index is 13.0. The molecular formula is C33H50O5. The number of carbonyl (C=O) groups is 2. The normalized spacial score (nSPS) is 33.1. The molecule has 0 amide bonds. The number of rotatable bonds is 10. The molecule has 0 bridgehead atoms. The summed E-state index contributed by atoms with van der Waals surface area (Å²) < 4.78 is 5.38. The lowest BCUT2D eigenvalue weighted by Gasteiger charge is -2.44. The third kappa shape index (κ3) is 6.77. The fourth-order valence-electron chi connectivity index (χ4n) is 6.99. The maximum Gasteiger partial charge on any atom is 0.319 e. The number of fused-ring (bicyclic) bond motifs is 1. The lowest BCUT2D eigenvalue weighted by molar-refractivity contribution is -0.157. The molecule has 212 valence electrons. The van der Waals surface area contributed by atoms with Gasteiger partial charge in [0, 0.05) is 6.42 Å². The van der Waals surface area contributed by atoms with E-state index in [0.29, 0.717) is 31.3 Å². The second kappa shape index (κ2) is 12.9. The molecule has 0 aromatic rings. The van der Waals surface area contributed by atoms with E-state index in [1.165, 1.54) is 12.0 Å².